The van der Waals surface area contributed by atoms with E-state index in [-0.39, 0.29) is 16.3 Å². The van der Waals surface area contributed by atoms with Crippen LogP contribution in [0.15, 0.2) is 42.0 Å². The van der Waals surface area contributed by atoms with Crippen molar-refractivity contribution in [1.29, 1.82) is 0 Å². The van der Waals surface area contributed by atoms with Crippen LogP contribution in [-0.4, -0.2) is 41.5 Å². The summed E-state index contributed by atoms with van der Waals surface area (Å²) >= 11 is 7.37. The number of methoxy groups -OCH3 is 1. The van der Waals surface area contributed by atoms with Crippen molar-refractivity contribution in [2.45, 2.75) is 6.92 Å². The molecule has 8 nitrogen and oxygen atoms in total. The highest BCUT2D eigenvalue weighted by atomic mass is 35.5. The second-order valence-electron chi connectivity index (χ2n) is 5.99. The van der Waals surface area contributed by atoms with E-state index >= 15 is 0 Å². The third kappa shape index (κ3) is 4.81. The van der Waals surface area contributed by atoms with Crippen LogP contribution in [0.1, 0.15) is 26.5 Å². The molecule has 0 aliphatic heterocycles. The molecule has 3 rings (SSSR count). The average Bonchev–Trinajstić information content (AvgIpc) is 3.15. The highest BCUT2D eigenvalue weighted by Crippen LogP contribution is 2.39. The summed E-state index contributed by atoms with van der Waals surface area (Å²) in [5.74, 6) is -2.04. The summed E-state index contributed by atoms with van der Waals surface area (Å²) in [5.41, 5.74) is 1.95. The minimum atomic E-state index is -0.784. The summed E-state index contributed by atoms with van der Waals surface area (Å²) < 4.78 is 9.81. The smallest absolute Gasteiger partial charge is 0.359 e. The Labute approximate surface area is 180 Å². The van der Waals surface area contributed by atoms with Gasteiger partial charge in [-0.15, -0.1) is 11.3 Å². The van der Waals surface area contributed by atoms with Gasteiger partial charge >= 0.3 is 11.9 Å². The van der Waals surface area contributed by atoms with E-state index in [4.69, 9.17) is 21.1 Å². The Morgan fingerprint density at radius 3 is 2.53 bits per heavy atom. The highest BCUT2D eigenvalue weighted by molar-refractivity contribution is 7.15. The number of halogens is 1. The number of aryl methyl sites for hydroxylation is 1. The molecule has 1 N–H and O–H groups in total. The maximum Gasteiger partial charge on any atom is 0.359 e. The fraction of sp³-hybridized carbons (Fsp3) is 0.150. The Balaban J connectivity index is 1.75. The molecule has 0 aliphatic carbocycles. The standard InChI is InChI=1S/C20H16ClN3O5S/c1-11-7-23-15(8-22-11)19(26)29-9-16(25)24-18-17(20(27)28-2)13(10-30-18)12-5-3-4-6-14(12)21/h3-8,10H,9H2,1-2H3,(H,24,25). The number of amides is 1. The quantitative estimate of drug-likeness (QED) is 0.575. The zero-order valence-corrected chi connectivity index (χ0v) is 17.5. The fourth-order valence-electron chi connectivity index (χ4n) is 2.50. The number of nitrogens with one attached hydrogen (secondary N) is 1. The van der Waals surface area contributed by atoms with Crippen molar-refractivity contribution in [1.82, 2.24) is 9.97 Å². The number of ether oxygens (including phenoxy) is 2. The first-order chi connectivity index (χ1) is 14.4. The number of aromatic nitrogens is 2. The van der Waals surface area contributed by atoms with Crippen molar-refractivity contribution >= 4 is 45.8 Å². The number of hydrogen-bond acceptors (Lipinski definition) is 8. The lowest BCUT2D eigenvalue weighted by Crippen LogP contribution is -2.22. The van der Waals surface area contributed by atoms with E-state index in [0.29, 0.717) is 21.8 Å². The SMILES string of the molecule is COC(=O)c1c(-c2ccccc2Cl)csc1NC(=O)COC(=O)c1cnc(C)cn1. The molecule has 0 spiro atoms. The van der Waals surface area contributed by atoms with Gasteiger partial charge in [0.05, 0.1) is 19.0 Å². The van der Waals surface area contributed by atoms with Gasteiger partial charge in [-0.1, -0.05) is 29.8 Å². The largest absolute Gasteiger partial charge is 0.465 e. The summed E-state index contributed by atoms with van der Waals surface area (Å²) in [5, 5.41) is 4.97. The van der Waals surface area contributed by atoms with Crippen molar-refractivity contribution in [2.24, 2.45) is 0 Å². The molecular weight excluding hydrogens is 430 g/mol. The molecule has 0 unspecified atom stereocenters. The first-order valence-corrected chi connectivity index (χ1v) is 9.86. The number of carbonyl (C=O) groups excluding carboxylic acids is 3. The predicted octanol–water partition coefficient (Wildman–Crippen LogP) is 3.75. The molecule has 30 heavy (non-hydrogen) atoms. The molecule has 3 aromatic rings. The lowest BCUT2D eigenvalue weighted by atomic mass is 10.0. The van der Waals surface area contributed by atoms with Crippen molar-refractivity contribution < 1.29 is 23.9 Å². The van der Waals surface area contributed by atoms with Crippen LogP contribution in [0.3, 0.4) is 0 Å². The van der Waals surface area contributed by atoms with Gasteiger partial charge < -0.3 is 14.8 Å². The molecule has 0 aliphatic rings. The number of rotatable bonds is 6. The van der Waals surface area contributed by atoms with E-state index in [1.807, 2.05) is 0 Å². The summed E-state index contributed by atoms with van der Waals surface area (Å²) in [6.45, 7) is 1.17. The van der Waals surface area contributed by atoms with Gasteiger partial charge in [-0.25, -0.2) is 14.6 Å². The summed E-state index contributed by atoms with van der Waals surface area (Å²) in [4.78, 5) is 44.4. The van der Waals surface area contributed by atoms with E-state index in [0.717, 1.165) is 11.3 Å². The van der Waals surface area contributed by atoms with E-state index in [1.165, 1.54) is 19.5 Å². The summed E-state index contributed by atoms with van der Waals surface area (Å²) in [6, 6.07) is 7.01. The van der Waals surface area contributed by atoms with Crippen LogP contribution >= 0.6 is 22.9 Å². The predicted molar refractivity (Wildman–Crippen MR) is 112 cm³/mol. The number of carbonyl (C=O) groups is 3. The highest BCUT2D eigenvalue weighted by Gasteiger charge is 2.24. The van der Waals surface area contributed by atoms with Gasteiger partial charge in [-0.3, -0.25) is 9.78 Å². The Bertz CT molecular complexity index is 1100. The fourth-order valence-corrected chi connectivity index (χ4v) is 3.70. The van der Waals surface area contributed by atoms with Crippen LogP contribution in [-0.2, 0) is 14.3 Å². The lowest BCUT2D eigenvalue weighted by Gasteiger charge is -2.09. The Morgan fingerprint density at radius 2 is 1.87 bits per heavy atom. The molecule has 0 saturated carbocycles. The number of benzene rings is 1. The van der Waals surface area contributed by atoms with E-state index in [2.05, 4.69) is 15.3 Å². The zero-order chi connectivity index (χ0) is 21.7. The van der Waals surface area contributed by atoms with Crippen LogP contribution in [0.2, 0.25) is 5.02 Å². The summed E-state index contributed by atoms with van der Waals surface area (Å²) in [7, 11) is 1.24. The van der Waals surface area contributed by atoms with Gasteiger partial charge in [-0.2, -0.15) is 0 Å². The maximum atomic E-state index is 12.4. The second-order valence-corrected chi connectivity index (χ2v) is 7.28. The minimum Gasteiger partial charge on any atom is -0.465 e. The normalized spacial score (nSPS) is 10.4. The van der Waals surface area contributed by atoms with Gasteiger partial charge in [0.15, 0.2) is 12.3 Å². The van der Waals surface area contributed by atoms with Gasteiger partial charge in [-0.05, 0) is 13.0 Å². The Morgan fingerprint density at radius 1 is 1.10 bits per heavy atom. The molecule has 0 fully saturated rings. The topological polar surface area (TPSA) is 107 Å². The van der Waals surface area contributed by atoms with Crippen LogP contribution in [0.4, 0.5) is 5.00 Å². The van der Waals surface area contributed by atoms with E-state index < -0.39 is 24.5 Å². The number of esters is 2. The van der Waals surface area contributed by atoms with Crippen molar-refractivity contribution in [2.75, 3.05) is 19.0 Å². The van der Waals surface area contributed by atoms with Gasteiger partial charge in [0.2, 0.25) is 0 Å². The molecule has 154 valence electrons. The molecule has 2 heterocycles. The number of anilines is 1. The molecular formula is C20H16ClN3O5S. The van der Waals surface area contributed by atoms with Crippen LogP contribution in [0.25, 0.3) is 11.1 Å². The lowest BCUT2D eigenvalue weighted by molar-refractivity contribution is -0.119. The molecule has 2 aromatic heterocycles. The van der Waals surface area contributed by atoms with Crippen molar-refractivity contribution in [3.63, 3.8) is 0 Å². The Hall–Kier alpha value is -3.30. The molecule has 0 bridgehead atoms. The second kappa shape index (κ2) is 9.47. The number of nitrogens with zero attached hydrogens (tertiary/aromatic N) is 2. The van der Waals surface area contributed by atoms with Crippen molar-refractivity contribution in [3.05, 3.63) is 64.0 Å². The number of thiophene rings is 1. The molecule has 0 atom stereocenters. The zero-order valence-electron chi connectivity index (χ0n) is 16.0. The average molecular weight is 446 g/mol. The van der Waals surface area contributed by atoms with Gasteiger partial charge in [0.25, 0.3) is 5.91 Å². The van der Waals surface area contributed by atoms with Crippen molar-refractivity contribution in [3.8, 4) is 11.1 Å². The first kappa shape index (κ1) is 21.4. The molecule has 1 aromatic carbocycles. The Kier molecular flexibility index (Phi) is 6.76. The number of hydrogen-bond donors (Lipinski definition) is 1. The summed E-state index contributed by atoms with van der Waals surface area (Å²) in [6.07, 6.45) is 2.68. The van der Waals surface area contributed by atoms with Gasteiger partial charge in [0, 0.05) is 27.7 Å². The third-order valence-corrected chi connectivity index (χ3v) is 5.15. The minimum absolute atomic E-state index is 0.0132. The third-order valence-electron chi connectivity index (χ3n) is 3.92. The van der Waals surface area contributed by atoms with E-state index in [1.54, 1.807) is 36.6 Å². The van der Waals surface area contributed by atoms with Crippen LogP contribution in [0, 0.1) is 6.92 Å². The molecule has 0 saturated heterocycles. The molecule has 10 heteroatoms. The van der Waals surface area contributed by atoms with Crippen LogP contribution < -0.4 is 5.32 Å². The molecule has 0 radical (unpaired) electrons. The monoisotopic (exact) mass is 445 g/mol. The van der Waals surface area contributed by atoms with Gasteiger partial charge in [0.1, 0.15) is 10.6 Å². The van der Waals surface area contributed by atoms with Crippen LogP contribution in [0.5, 0.6) is 0 Å². The van der Waals surface area contributed by atoms with E-state index in [9.17, 15) is 14.4 Å². The first-order valence-electron chi connectivity index (χ1n) is 8.61. The molecule has 1 amide bonds. The maximum absolute atomic E-state index is 12.4.